The molecule has 1 atom stereocenters. The van der Waals surface area contributed by atoms with E-state index in [-0.39, 0.29) is 0 Å². The zero-order valence-corrected chi connectivity index (χ0v) is 13.6. The van der Waals surface area contributed by atoms with E-state index in [1.165, 1.54) is 0 Å². The molecule has 0 fully saturated rings. The van der Waals surface area contributed by atoms with Crippen molar-refractivity contribution in [2.45, 2.75) is 12.7 Å². The molecule has 24 heavy (non-hydrogen) atoms. The van der Waals surface area contributed by atoms with Crippen LogP contribution in [0.1, 0.15) is 22.8 Å². The fourth-order valence-electron chi connectivity index (χ4n) is 2.63. The second kappa shape index (κ2) is 7.66. The van der Waals surface area contributed by atoms with Crippen molar-refractivity contribution < 1.29 is 14.6 Å². The Morgan fingerprint density at radius 1 is 0.750 bits per heavy atom. The molecule has 0 bridgehead atoms. The number of methoxy groups -OCH3 is 1. The highest BCUT2D eigenvalue weighted by Crippen LogP contribution is 2.34. The first kappa shape index (κ1) is 16.1. The smallest absolute Gasteiger partial charge is 0.125 e. The maximum absolute atomic E-state index is 10.8. The second-order valence-corrected chi connectivity index (χ2v) is 5.46. The largest absolute Gasteiger partial charge is 0.496 e. The van der Waals surface area contributed by atoms with E-state index in [0.717, 1.165) is 16.7 Å². The molecule has 3 heteroatoms. The highest BCUT2D eigenvalue weighted by Gasteiger charge is 2.18. The van der Waals surface area contributed by atoms with Gasteiger partial charge in [-0.2, -0.15) is 0 Å². The SMILES string of the molecule is COc1ccccc1C(O)c1ccccc1OCc1ccccc1. The van der Waals surface area contributed by atoms with E-state index in [0.29, 0.717) is 18.1 Å². The maximum atomic E-state index is 10.8. The molecule has 1 unspecified atom stereocenters. The molecule has 0 saturated carbocycles. The van der Waals surface area contributed by atoms with Gasteiger partial charge in [-0.05, 0) is 17.7 Å². The summed E-state index contributed by atoms with van der Waals surface area (Å²) in [5, 5.41) is 10.8. The monoisotopic (exact) mass is 320 g/mol. The maximum Gasteiger partial charge on any atom is 0.125 e. The average Bonchev–Trinajstić information content (AvgIpc) is 2.67. The quantitative estimate of drug-likeness (QED) is 0.733. The lowest BCUT2D eigenvalue weighted by atomic mass is 10.00. The van der Waals surface area contributed by atoms with Gasteiger partial charge in [-0.1, -0.05) is 66.7 Å². The highest BCUT2D eigenvalue weighted by atomic mass is 16.5. The van der Waals surface area contributed by atoms with Crippen molar-refractivity contribution in [3.8, 4) is 11.5 Å². The van der Waals surface area contributed by atoms with Crippen LogP contribution in [0, 0.1) is 0 Å². The topological polar surface area (TPSA) is 38.7 Å². The van der Waals surface area contributed by atoms with Crippen LogP contribution in [-0.2, 0) is 6.61 Å². The Labute approximate surface area is 142 Å². The molecule has 3 rings (SSSR count). The number of rotatable bonds is 6. The Morgan fingerprint density at radius 3 is 1.96 bits per heavy atom. The van der Waals surface area contributed by atoms with Crippen LogP contribution in [0.4, 0.5) is 0 Å². The molecule has 0 aliphatic heterocycles. The molecule has 0 spiro atoms. The van der Waals surface area contributed by atoms with Crippen LogP contribution in [0.15, 0.2) is 78.9 Å². The predicted molar refractivity (Wildman–Crippen MR) is 94.3 cm³/mol. The summed E-state index contributed by atoms with van der Waals surface area (Å²) in [7, 11) is 1.60. The third-order valence-corrected chi connectivity index (χ3v) is 3.88. The minimum Gasteiger partial charge on any atom is -0.496 e. The Hall–Kier alpha value is -2.78. The standard InChI is InChI=1S/C21H20O3/c1-23-19-13-7-5-11-17(19)21(22)18-12-6-8-14-20(18)24-15-16-9-3-2-4-10-16/h2-14,21-22H,15H2,1H3. The van der Waals surface area contributed by atoms with Gasteiger partial charge in [0.15, 0.2) is 0 Å². The van der Waals surface area contributed by atoms with Crippen LogP contribution < -0.4 is 9.47 Å². The van der Waals surface area contributed by atoms with Crippen LogP contribution >= 0.6 is 0 Å². The van der Waals surface area contributed by atoms with Crippen LogP contribution in [0.2, 0.25) is 0 Å². The average molecular weight is 320 g/mol. The molecule has 0 saturated heterocycles. The highest BCUT2D eigenvalue weighted by molar-refractivity contribution is 5.45. The Bertz CT molecular complexity index is 784. The summed E-state index contributed by atoms with van der Waals surface area (Å²) in [6, 6.07) is 25.0. The van der Waals surface area contributed by atoms with Crippen LogP contribution in [0.25, 0.3) is 0 Å². The number of ether oxygens (including phenoxy) is 2. The minimum atomic E-state index is -0.812. The molecule has 122 valence electrons. The second-order valence-electron chi connectivity index (χ2n) is 5.46. The van der Waals surface area contributed by atoms with Gasteiger partial charge < -0.3 is 14.6 Å². The number of aliphatic hydroxyl groups is 1. The summed E-state index contributed by atoms with van der Waals surface area (Å²) in [5.74, 6) is 1.32. The molecule has 1 N–H and O–H groups in total. The number of para-hydroxylation sites is 2. The number of hydrogen-bond donors (Lipinski definition) is 1. The zero-order chi connectivity index (χ0) is 16.8. The molecule has 0 heterocycles. The summed E-state index contributed by atoms with van der Waals surface area (Å²) in [6.07, 6.45) is -0.812. The fourth-order valence-corrected chi connectivity index (χ4v) is 2.63. The van der Waals surface area contributed by atoms with Crippen molar-refractivity contribution in [3.63, 3.8) is 0 Å². The van der Waals surface area contributed by atoms with Crippen molar-refractivity contribution in [1.82, 2.24) is 0 Å². The third kappa shape index (κ3) is 3.58. The lowest BCUT2D eigenvalue weighted by molar-refractivity contribution is 0.204. The lowest BCUT2D eigenvalue weighted by Crippen LogP contribution is -2.05. The van der Waals surface area contributed by atoms with Gasteiger partial charge in [0, 0.05) is 11.1 Å². The minimum absolute atomic E-state index is 0.455. The molecular weight excluding hydrogens is 300 g/mol. The van der Waals surface area contributed by atoms with E-state index in [9.17, 15) is 5.11 Å². The van der Waals surface area contributed by atoms with Gasteiger partial charge in [-0.3, -0.25) is 0 Å². The van der Waals surface area contributed by atoms with Crippen LogP contribution in [0.5, 0.6) is 11.5 Å². The molecule has 3 nitrogen and oxygen atoms in total. The third-order valence-electron chi connectivity index (χ3n) is 3.88. The summed E-state index contributed by atoms with van der Waals surface area (Å²) < 4.78 is 11.3. The molecular formula is C21H20O3. The number of hydrogen-bond acceptors (Lipinski definition) is 3. The normalized spacial score (nSPS) is 11.8. The summed E-state index contributed by atoms with van der Waals surface area (Å²) in [5.41, 5.74) is 2.52. The summed E-state index contributed by atoms with van der Waals surface area (Å²) in [6.45, 7) is 0.455. The van der Waals surface area contributed by atoms with E-state index >= 15 is 0 Å². The van der Waals surface area contributed by atoms with Crippen molar-refractivity contribution in [2.24, 2.45) is 0 Å². The molecule has 3 aromatic carbocycles. The van der Waals surface area contributed by atoms with E-state index in [2.05, 4.69) is 0 Å². The fraction of sp³-hybridized carbons (Fsp3) is 0.143. The Balaban J connectivity index is 1.86. The van der Waals surface area contributed by atoms with Gasteiger partial charge >= 0.3 is 0 Å². The molecule has 0 aromatic heterocycles. The van der Waals surface area contributed by atoms with E-state index in [4.69, 9.17) is 9.47 Å². The van der Waals surface area contributed by atoms with Gasteiger partial charge in [0.1, 0.15) is 24.2 Å². The Kier molecular flexibility index (Phi) is 5.14. The van der Waals surface area contributed by atoms with Gasteiger partial charge in [0.05, 0.1) is 7.11 Å². The zero-order valence-electron chi connectivity index (χ0n) is 13.6. The Morgan fingerprint density at radius 2 is 1.29 bits per heavy atom. The van der Waals surface area contributed by atoms with Crippen LogP contribution in [-0.4, -0.2) is 12.2 Å². The molecule has 0 aliphatic carbocycles. The van der Waals surface area contributed by atoms with Crippen LogP contribution in [0.3, 0.4) is 0 Å². The molecule has 0 radical (unpaired) electrons. The first-order valence-corrected chi connectivity index (χ1v) is 7.86. The van der Waals surface area contributed by atoms with E-state index in [1.807, 2.05) is 78.9 Å². The van der Waals surface area contributed by atoms with Gasteiger partial charge in [0.2, 0.25) is 0 Å². The van der Waals surface area contributed by atoms with Gasteiger partial charge in [-0.25, -0.2) is 0 Å². The molecule has 0 amide bonds. The summed E-state index contributed by atoms with van der Waals surface area (Å²) >= 11 is 0. The first-order valence-electron chi connectivity index (χ1n) is 7.86. The van der Waals surface area contributed by atoms with E-state index in [1.54, 1.807) is 7.11 Å². The first-order chi connectivity index (χ1) is 11.8. The van der Waals surface area contributed by atoms with Gasteiger partial charge in [-0.15, -0.1) is 0 Å². The molecule has 3 aromatic rings. The van der Waals surface area contributed by atoms with Gasteiger partial charge in [0.25, 0.3) is 0 Å². The van der Waals surface area contributed by atoms with Crippen molar-refractivity contribution >= 4 is 0 Å². The predicted octanol–water partition coefficient (Wildman–Crippen LogP) is 4.36. The van der Waals surface area contributed by atoms with Crippen molar-refractivity contribution in [1.29, 1.82) is 0 Å². The lowest BCUT2D eigenvalue weighted by Gasteiger charge is -2.18. The number of benzene rings is 3. The van der Waals surface area contributed by atoms with Crippen molar-refractivity contribution in [3.05, 3.63) is 95.6 Å². The summed E-state index contributed by atoms with van der Waals surface area (Å²) in [4.78, 5) is 0. The van der Waals surface area contributed by atoms with E-state index < -0.39 is 6.10 Å². The number of aliphatic hydroxyl groups excluding tert-OH is 1. The van der Waals surface area contributed by atoms with Crippen molar-refractivity contribution in [2.75, 3.05) is 7.11 Å². The molecule has 0 aliphatic rings.